The third-order valence-corrected chi connectivity index (χ3v) is 4.84. The molecule has 2 aromatic rings. The van der Waals surface area contributed by atoms with Crippen molar-refractivity contribution in [1.82, 2.24) is 0 Å². The summed E-state index contributed by atoms with van der Waals surface area (Å²) in [6, 6.07) is 13.7. The molecule has 3 rings (SSSR count). The van der Waals surface area contributed by atoms with Crippen LogP contribution in [0.2, 0.25) is 0 Å². The van der Waals surface area contributed by atoms with Gasteiger partial charge in [0, 0.05) is 11.7 Å². The minimum atomic E-state index is -3.55. The van der Waals surface area contributed by atoms with Crippen LogP contribution in [0.3, 0.4) is 0 Å². The molecule has 2 aromatic carbocycles. The molecule has 1 amide bonds. The second kappa shape index (κ2) is 7.40. The molecule has 1 N–H and O–H groups in total. The van der Waals surface area contributed by atoms with E-state index in [1.165, 1.54) is 12.1 Å². The maximum Gasteiger partial charge on any atom is 0.340 e. The standard InChI is InChI=1S/C19H20N2O5S/c1-13-11-14-7-3-6-10-17(14)21(13)18(22)12-26-19(23)15-8-4-5-9-16(15)20-27(2,24)25/h3-10,13,20H,11-12H2,1-2H3. The number of hydrogen-bond acceptors (Lipinski definition) is 5. The molecule has 0 aromatic heterocycles. The van der Waals surface area contributed by atoms with Crippen LogP contribution in [0.1, 0.15) is 22.8 Å². The van der Waals surface area contributed by atoms with Gasteiger partial charge in [-0.15, -0.1) is 0 Å². The Balaban J connectivity index is 1.71. The van der Waals surface area contributed by atoms with Crippen LogP contribution in [0.4, 0.5) is 11.4 Å². The number of carbonyl (C=O) groups is 2. The lowest BCUT2D eigenvalue weighted by Crippen LogP contribution is -2.38. The van der Waals surface area contributed by atoms with Gasteiger partial charge in [0.2, 0.25) is 10.0 Å². The number of sulfonamides is 1. The first-order valence-corrected chi connectivity index (χ1v) is 10.3. The van der Waals surface area contributed by atoms with Gasteiger partial charge in [-0.25, -0.2) is 13.2 Å². The third-order valence-electron chi connectivity index (χ3n) is 4.25. The number of hydrogen-bond donors (Lipinski definition) is 1. The van der Waals surface area contributed by atoms with Gasteiger partial charge in [-0.2, -0.15) is 0 Å². The predicted octanol–water partition coefficient (Wildman–Crippen LogP) is 2.19. The number of ether oxygens (including phenoxy) is 1. The lowest BCUT2D eigenvalue weighted by Gasteiger charge is -2.22. The minimum absolute atomic E-state index is 0.0206. The van der Waals surface area contributed by atoms with Crippen LogP contribution < -0.4 is 9.62 Å². The molecule has 8 heteroatoms. The molecular weight excluding hydrogens is 368 g/mol. The third kappa shape index (κ3) is 4.28. The van der Waals surface area contributed by atoms with Crippen molar-refractivity contribution < 1.29 is 22.7 Å². The van der Waals surface area contributed by atoms with Crippen molar-refractivity contribution in [3.8, 4) is 0 Å². The summed E-state index contributed by atoms with van der Waals surface area (Å²) in [6.45, 7) is 1.51. The molecule has 27 heavy (non-hydrogen) atoms. The highest BCUT2D eigenvalue weighted by molar-refractivity contribution is 7.92. The largest absolute Gasteiger partial charge is 0.452 e. The Kier molecular flexibility index (Phi) is 5.18. The van der Waals surface area contributed by atoms with E-state index in [0.29, 0.717) is 0 Å². The number of anilines is 2. The van der Waals surface area contributed by atoms with E-state index in [-0.39, 0.29) is 23.2 Å². The van der Waals surface area contributed by atoms with E-state index < -0.39 is 22.6 Å². The Labute approximate surface area is 158 Å². The summed E-state index contributed by atoms with van der Waals surface area (Å²) in [4.78, 5) is 26.6. The molecule has 0 bridgehead atoms. The first-order valence-electron chi connectivity index (χ1n) is 8.40. The number of nitrogens with one attached hydrogen (secondary N) is 1. The molecule has 1 heterocycles. The fourth-order valence-electron chi connectivity index (χ4n) is 3.17. The molecule has 1 unspecified atom stereocenters. The van der Waals surface area contributed by atoms with Crippen LogP contribution in [-0.2, 0) is 26.0 Å². The fraction of sp³-hybridized carbons (Fsp3) is 0.263. The smallest absolute Gasteiger partial charge is 0.340 e. The first kappa shape index (κ1) is 18.9. The zero-order chi connectivity index (χ0) is 19.6. The average Bonchev–Trinajstić information content (AvgIpc) is 2.94. The second-order valence-corrected chi connectivity index (χ2v) is 8.19. The van der Waals surface area contributed by atoms with Crippen molar-refractivity contribution in [2.75, 3.05) is 22.5 Å². The topological polar surface area (TPSA) is 92.8 Å². The number of fused-ring (bicyclic) bond motifs is 1. The molecule has 0 saturated carbocycles. The number of benzene rings is 2. The lowest BCUT2D eigenvalue weighted by molar-refractivity contribution is -0.122. The van der Waals surface area contributed by atoms with Crippen molar-refractivity contribution in [3.05, 3.63) is 59.7 Å². The normalized spacial score (nSPS) is 15.9. The molecule has 0 aliphatic carbocycles. The van der Waals surface area contributed by atoms with E-state index in [2.05, 4.69) is 4.72 Å². The zero-order valence-electron chi connectivity index (χ0n) is 15.0. The van der Waals surface area contributed by atoms with Crippen LogP contribution in [0.15, 0.2) is 48.5 Å². The van der Waals surface area contributed by atoms with Gasteiger partial charge in [-0.1, -0.05) is 30.3 Å². The highest BCUT2D eigenvalue weighted by Crippen LogP contribution is 2.31. The first-order chi connectivity index (χ1) is 12.8. The van der Waals surface area contributed by atoms with Gasteiger partial charge < -0.3 is 9.64 Å². The molecule has 0 radical (unpaired) electrons. The van der Waals surface area contributed by atoms with E-state index in [4.69, 9.17) is 4.74 Å². The molecule has 7 nitrogen and oxygen atoms in total. The fourth-order valence-corrected chi connectivity index (χ4v) is 3.75. The van der Waals surface area contributed by atoms with Crippen molar-refractivity contribution >= 4 is 33.3 Å². The Morgan fingerprint density at radius 2 is 1.81 bits per heavy atom. The van der Waals surface area contributed by atoms with Crippen molar-refractivity contribution in [2.45, 2.75) is 19.4 Å². The number of carbonyl (C=O) groups excluding carboxylic acids is 2. The van der Waals surface area contributed by atoms with Gasteiger partial charge in [-0.05, 0) is 37.1 Å². The van der Waals surface area contributed by atoms with Gasteiger partial charge in [0.05, 0.1) is 17.5 Å². The summed E-state index contributed by atoms with van der Waals surface area (Å²) in [5.41, 5.74) is 2.06. The second-order valence-electron chi connectivity index (χ2n) is 6.44. The molecule has 0 spiro atoms. The summed E-state index contributed by atoms with van der Waals surface area (Å²) < 4.78 is 30.3. The Bertz CT molecular complexity index is 987. The molecule has 0 saturated heterocycles. The molecule has 1 aliphatic heterocycles. The van der Waals surface area contributed by atoms with Crippen molar-refractivity contribution in [2.24, 2.45) is 0 Å². The number of amides is 1. The molecule has 1 atom stereocenters. The molecular formula is C19H20N2O5S. The van der Waals surface area contributed by atoms with Gasteiger partial charge in [-0.3, -0.25) is 9.52 Å². The summed E-state index contributed by atoms with van der Waals surface area (Å²) >= 11 is 0. The van der Waals surface area contributed by atoms with E-state index in [1.54, 1.807) is 17.0 Å². The average molecular weight is 388 g/mol. The quantitative estimate of drug-likeness (QED) is 0.793. The predicted molar refractivity (Wildman–Crippen MR) is 102 cm³/mol. The zero-order valence-corrected chi connectivity index (χ0v) is 15.8. The van der Waals surface area contributed by atoms with E-state index in [0.717, 1.165) is 23.9 Å². The Morgan fingerprint density at radius 3 is 2.56 bits per heavy atom. The van der Waals surface area contributed by atoms with Gasteiger partial charge >= 0.3 is 5.97 Å². The van der Waals surface area contributed by atoms with Gasteiger partial charge in [0.15, 0.2) is 6.61 Å². The lowest BCUT2D eigenvalue weighted by atomic mass is 10.1. The maximum atomic E-state index is 12.6. The Morgan fingerprint density at radius 1 is 1.15 bits per heavy atom. The summed E-state index contributed by atoms with van der Waals surface area (Å²) in [5, 5.41) is 0. The highest BCUT2D eigenvalue weighted by atomic mass is 32.2. The Hall–Kier alpha value is -2.87. The van der Waals surface area contributed by atoms with E-state index in [1.807, 2.05) is 31.2 Å². The van der Waals surface area contributed by atoms with Crippen LogP contribution in [0, 0.1) is 0 Å². The van der Waals surface area contributed by atoms with Crippen LogP contribution in [0.25, 0.3) is 0 Å². The van der Waals surface area contributed by atoms with Crippen molar-refractivity contribution in [1.29, 1.82) is 0 Å². The van der Waals surface area contributed by atoms with Crippen LogP contribution in [0.5, 0.6) is 0 Å². The van der Waals surface area contributed by atoms with Gasteiger partial charge in [0.1, 0.15) is 0 Å². The number of nitrogens with zero attached hydrogens (tertiary/aromatic N) is 1. The summed E-state index contributed by atoms with van der Waals surface area (Å²) in [6.07, 6.45) is 1.74. The summed E-state index contributed by atoms with van der Waals surface area (Å²) in [5.74, 6) is -1.09. The van der Waals surface area contributed by atoms with Gasteiger partial charge in [0.25, 0.3) is 5.91 Å². The highest BCUT2D eigenvalue weighted by Gasteiger charge is 2.31. The SMILES string of the molecule is CC1Cc2ccccc2N1C(=O)COC(=O)c1ccccc1NS(C)(=O)=O. The molecule has 1 aliphatic rings. The maximum absolute atomic E-state index is 12.6. The number of rotatable bonds is 5. The van der Waals surface area contributed by atoms with Crippen molar-refractivity contribution in [3.63, 3.8) is 0 Å². The molecule has 142 valence electrons. The van der Waals surface area contributed by atoms with E-state index >= 15 is 0 Å². The summed E-state index contributed by atoms with van der Waals surface area (Å²) in [7, 11) is -3.55. The molecule has 0 fully saturated rings. The monoisotopic (exact) mass is 388 g/mol. The van der Waals surface area contributed by atoms with E-state index in [9.17, 15) is 18.0 Å². The number of esters is 1. The number of para-hydroxylation sites is 2. The minimum Gasteiger partial charge on any atom is -0.452 e. The van der Waals surface area contributed by atoms with Crippen LogP contribution in [-0.4, -0.2) is 39.2 Å². The van der Waals surface area contributed by atoms with Crippen LogP contribution >= 0.6 is 0 Å².